The lowest BCUT2D eigenvalue weighted by Crippen LogP contribution is -2.20. The third-order valence-electron chi connectivity index (χ3n) is 5.20. The van der Waals surface area contributed by atoms with E-state index in [0.717, 1.165) is 36.7 Å². The smallest absolute Gasteiger partial charge is 0.234 e. The SMILES string of the molecule is COc1ccc(NC(=O)CSc2nnc(CNc3ccc(F)cc3)n2CC2CCCO2)cc1. The van der Waals surface area contributed by atoms with Gasteiger partial charge in [-0.15, -0.1) is 10.2 Å². The number of hydrogen-bond donors (Lipinski definition) is 2. The zero-order valence-corrected chi connectivity index (χ0v) is 19.1. The predicted octanol–water partition coefficient (Wildman–Crippen LogP) is 3.95. The molecule has 1 saturated heterocycles. The Balaban J connectivity index is 1.39. The maximum atomic E-state index is 13.2. The summed E-state index contributed by atoms with van der Waals surface area (Å²) in [6.45, 7) is 1.79. The van der Waals surface area contributed by atoms with Gasteiger partial charge in [0.15, 0.2) is 11.0 Å². The predicted molar refractivity (Wildman–Crippen MR) is 125 cm³/mol. The van der Waals surface area contributed by atoms with Crippen LogP contribution in [0.1, 0.15) is 18.7 Å². The Labute approximate surface area is 195 Å². The molecule has 3 aromatic rings. The number of carbonyl (C=O) groups is 1. The fourth-order valence-corrected chi connectivity index (χ4v) is 4.25. The highest BCUT2D eigenvalue weighted by Gasteiger charge is 2.21. The molecule has 8 nitrogen and oxygen atoms in total. The minimum absolute atomic E-state index is 0.0954. The lowest BCUT2D eigenvalue weighted by Gasteiger charge is -2.15. The first-order chi connectivity index (χ1) is 16.1. The van der Waals surface area contributed by atoms with E-state index in [1.165, 1.54) is 23.9 Å². The number of nitrogens with one attached hydrogen (secondary N) is 2. The van der Waals surface area contributed by atoms with E-state index in [9.17, 15) is 9.18 Å². The van der Waals surface area contributed by atoms with Crippen LogP contribution in [-0.2, 0) is 22.6 Å². The van der Waals surface area contributed by atoms with Crippen LogP contribution in [0.5, 0.6) is 5.75 Å². The highest BCUT2D eigenvalue weighted by Crippen LogP contribution is 2.23. The van der Waals surface area contributed by atoms with E-state index in [1.807, 2.05) is 4.57 Å². The van der Waals surface area contributed by atoms with Crippen molar-refractivity contribution in [1.29, 1.82) is 0 Å². The largest absolute Gasteiger partial charge is 0.497 e. The summed E-state index contributed by atoms with van der Waals surface area (Å²) >= 11 is 1.33. The van der Waals surface area contributed by atoms with Crippen LogP contribution in [0, 0.1) is 5.82 Å². The van der Waals surface area contributed by atoms with Crippen molar-refractivity contribution in [2.24, 2.45) is 0 Å². The summed E-state index contributed by atoms with van der Waals surface area (Å²) in [6, 6.07) is 13.3. The number of thioether (sulfide) groups is 1. The van der Waals surface area contributed by atoms with Gasteiger partial charge >= 0.3 is 0 Å². The van der Waals surface area contributed by atoms with Gasteiger partial charge in [0.25, 0.3) is 0 Å². The molecule has 10 heteroatoms. The number of methoxy groups -OCH3 is 1. The first kappa shape index (κ1) is 23.1. The Kier molecular flexibility index (Phi) is 7.79. The Morgan fingerprint density at radius 3 is 2.64 bits per heavy atom. The molecule has 0 aliphatic carbocycles. The number of rotatable bonds is 10. The van der Waals surface area contributed by atoms with Crippen LogP contribution in [-0.4, -0.2) is 46.2 Å². The molecular formula is C23H26FN5O3S. The standard InChI is InChI=1S/C23H26FN5O3S/c1-31-19-10-8-18(9-11-19)26-22(30)15-33-23-28-27-21(29(23)14-20-3-2-12-32-20)13-25-17-6-4-16(24)5-7-17/h4-11,20,25H,2-3,12-15H2,1H3,(H,26,30). The maximum absolute atomic E-state index is 13.2. The summed E-state index contributed by atoms with van der Waals surface area (Å²) in [5.74, 6) is 1.23. The van der Waals surface area contributed by atoms with Crippen molar-refractivity contribution in [2.45, 2.75) is 37.2 Å². The van der Waals surface area contributed by atoms with Gasteiger partial charge in [0, 0.05) is 18.0 Å². The van der Waals surface area contributed by atoms with Gasteiger partial charge < -0.3 is 24.7 Å². The summed E-state index contributed by atoms with van der Waals surface area (Å²) in [7, 11) is 1.60. The number of anilines is 2. The van der Waals surface area contributed by atoms with Crippen LogP contribution in [0.4, 0.5) is 15.8 Å². The molecule has 4 rings (SSSR count). The van der Waals surface area contributed by atoms with Crippen LogP contribution in [0.25, 0.3) is 0 Å². The first-order valence-corrected chi connectivity index (χ1v) is 11.7. The quantitative estimate of drug-likeness (QED) is 0.433. The number of ether oxygens (including phenoxy) is 2. The van der Waals surface area contributed by atoms with E-state index in [4.69, 9.17) is 9.47 Å². The summed E-state index contributed by atoms with van der Waals surface area (Å²) in [6.07, 6.45) is 2.10. The monoisotopic (exact) mass is 471 g/mol. The normalized spacial score (nSPS) is 15.4. The van der Waals surface area contributed by atoms with E-state index < -0.39 is 0 Å². The lowest BCUT2D eigenvalue weighted by atomic mass is 10.2. The number of carbonyl (C=O) groups excluding carboxylic acids is 1. The second-order valence-corrected chi connectivity index (χ2v) is 8.51. The van der Waals surface area contributed by atoms with Gasteiger partial charge in [0.2, 0.25) is 5.91 Å². The van der Waals surface area contributed by atoms with Gasteiger partial charge in [-0.1, -0.05) is 11.8 Å². The van der Waals surface area contributed by atoms with Crippen molar-refractivity contribution in [2.75, 3.05) is 30.1 Å². The molecule has 1 amide bonds. The van der Waals surface area contributed by atoms with E-state index in [-0.39, 0.29) is 23.6 Å². The van der Waals surface area contributed by atoms with E-state index in [0.29, 0.717) is 23.9 Å². The van der Waals surface area contributed by atoms with Crippen LogP contribution in [0.15, 0.2) is 53.7 Å². The fourth-order valence-electron chi connectivity index (χ4n) is 3.48. The average Bonchev–Trinajstić information content (AvgIpc) is 3.48. The second-order valence-electron chi connectivity index (χ2n) is 7.57. The van der Waals surface area contributed by atoms with Gasteiger partial charge in [-0.05, 0) is 61.4 Å². The van der Waals surface area contributed by atoms with Gasteiger partial charge in [-0.3, -0.25) is 4.79 Å². The van der Waals surface area contributed by atoms with Crippen LogP contribution in [0.2, 0.25) is 0 Å². The summed E-state index contributed by atoms with van der Waals surface area (Å²) in [5.41, 5.74) is 1.49. The van der Waals surface area contributed by atoms with Crippen molar-refractivity contribution in [3.8, 4) is 5.75 Å². The average molecular weight is 472 g/mol. The molecule has 1 fully saturated rings. The third-order valence-corrected chi connectivity index (χ3v) is 6.17. The molecule has 174 valence electrons. The molecule has 33 heavy (non-hydrogen) atoms. The molecule has 1 aliphatic rings. The van der Waals surface area contributed by atoms with E-state index in [2.05, 4.69) is 20.8 Å². The highest BCUT2D eigenvalue weighted by atomic mass is 32.2. The summed E-state index contributed by atoms with van der Waals surface area (Å²) in [5, 5.41) is 15.4. The number of halogens is 1. The molecule has 2 heterocycles. The Hall–Kier alpha value is -3.11. The number of nitrogens with zero attached hydrogens (tertiary/aromatic N) is 3. The molecule has 0 spiro atoms. The van der Waals surface area contributed by atoms with Crippen molar-refractivity contribution < 1.29 is 18.7 Å². The number of benzene rings is 2. The van der Waals surface area contributed by atoms with Crippen LogP contribution in [0.3, 0.4) is 0 Å². The summed E-state index contributed by atoms with van der Waals surface area (Å²) in [4.78, 5) is 12.5. The van der Waals surface area contributed by atoms with Gasteiger partial charge in [0.05, 0.1) is 32.1 Å². The molecule has 1 aliphatic heterocycles. The molecule has 1 unspecified atom stereocenters. The maximum Gasteiger partial charge on any atom is 0.234 e. The zero-order valence-electron chi connectivity index (χ0n) is 18.3. The lowest BCUT2D eigenvalue weighted by molar-refractivity contribution is -0.113. The molecule has 0 radical (unpaired) electrons. The van der Waals surface area contributed by atoms with Crippen molar-refractivity contribution in [3.63, 3.8) is 0 Å². The molecule has 2 aromatic carbocycles. The van der Waals surface area contributed by atoms with Crippen molar-refractivity contribution >= 4 is 29.0 Å². The molecule has 0 bridgehead atoms. The molecule has 0 saturated carbocycles. The van der Waals surface area contributed by atoms with Gasteiger partial charge in [-0.2, -0.15) is 0 Å². The second kappa shape index (κ2) is 11.2. The molecular weight excluding hydrogens is 445 g/mol. The third kappa shape index (κ3) is 6.45. The van der Waals surface area contributed by atoms with Crippen molar-refractivity contribution in [3.05, 3.63) is 60.2 Å². The number of amides is 1. The van der Waals surface area contributed by atoms with Gasteiger partial charge in [-0.25, -0.2) is 4.39 Å². The molecule has 1 aromatic heterocycles. The van der Waals surface area contributed by atoms with Crippen molar-refractivity contribution in [1.82, 2.24) is 14.8 Å². The Morgan fingerprint density at radius 2 is 1.94 bits per heavy atom. The Bertz CT molecular complexity index is 1050. The highest BCUT2D eigenvalue weighted by molar-refractivity contribution is 7.99. The molecule has 2 N–H and O–H groups in total. The first-order valence-electron chi connectivity index (χ1n) is 10.7. The van der Waals surface area contributed by atoms with E-state index in [1.54, 1.807) is 43.5 Å². The fraction of sp³-hybridized carbons (Fsp3) is 0.348. The number of aromatic nitrogens is 3. The minimum atomic E-state index is -0.284. The molecule has 1 atom stereocenters. The Morgan fingerprint density at radius 1 is 1.18 bits per heavy atom. The van der Waals surface area contributed by atoms with Gasteiger partial charge in [0.1, 0.15) is 11.6 Å². The minimum Gasteiger partial charge on any atom is -0.497 e. The number of hydrogen-bond acceptors (Lipinski definition) is 7. The van der Waals surface area contributed by atoms with Crippen LogP contribution >= 0.6 is 11.8 Å². The van der Waals surface area contributed by atoms with E-state index >= 15 is 0 Å². The van der Waals surface area contributed by atoms with Crippen LogP contribution < -0.4 is 15.4 Å². The summed E-state index contributed by atoms with van der Waals surface area (Å²) < 4.78 is 26.1. The zero-order chi connectivity index (χ0) is 23.0. The topological polar surface area (TPSA) is 90.3 Å².